The zero-order valence-electron chi connectivity index (χ0n) is 8.08. The first kappa shape index (κ1) is 9.66. The Morgan fingerprint density at radius 2 is 2.33 bits per heavy atom. The molecule has 1 unspecified atom stereocenters. The highest BCUT2D eigenvalue weighted by Crippen LogP contribution is 2.25. The van der Waals surface area contributed by atoms with Gasteiger partial charge >= 0.3 is 5.97 Å². The van der Waals surface area contributed by atoms with Gasteiger partial charge in [-0.2, -0.15) is 5.26 Å². The molecule has 0 bridgehead atoms. The number of hydrogen-bond donors (Lipinski definition) is 0. The smallest absolute Gasteiger partial charge is 0.342 e. The number of rotatable bonds is 0. The van der Waals surface area contributed by atoms with Crippen LogP contribution < -0.4 is 0 Å². The molecule has 15 heavy (non-hydrogen) atoms. The lowest BCUT2D eigenvalue weighted by molar-refractivity contribution is 0.0363. The lowest BCUT2D eigenvalue weighted by atomic mass is 9.94. The minimum Gasteiger partial charge on any atom is -0.443 e. The summed E-state index contributed by atoms with van der Waals surface area (Å²) in [5, 5.41) is 8.67. The van der Waals surface area contributed by atoms with Crippen molar-refractivity contribution in [1.29, 1.82) is 5.26 Å². The molecule has 1 aliphatic rings. The van der Waals surface area contributed by atoms with Gasteiger partial charge in [0.25, 0.3) is 0 Å². The maximum Gasteiger partial charge on any atom is 0.342 e. The largest absolute Gasteiger partial charge is 0.443 e. The van der Waals surface area contributed by atoms with Gasteiger partial charge in [-0.1, -0.05) is 6.07 Å². The monoisotopic (exact) mass is 205 g/mol. The number of carbonyl (C=O) groups excluding carboxylic acids is 1. The number of nitrogens with zero attached hydrogens (tertiary/aromatic N) is 1. The first-order valence-corrected chi connectivity index (χ1v) is 4.52. The van der Waals surface area contributed by atoms with Gasteiger partial charge < -0.3 is 4.74 Å². The molecule has 0 amide bonds. The van der Waals surface area contributed by atoms with Crippen LogP contribution in [-0.2, 0) is 11.2 Å². The number of halogens is 1. The molecule has 4 heteroatoms. The lowest BCUT2D eigenvalue weighted by Crippen LogP contribution is -2.28. The van der Waals surface area contributed by atoms with E-state index in [1.165, 1.54) is 6.07 Å². The van der Waals surface area contributed by atoms with E-state index in [4.69, 9.17) is 10.00 Å². The molecule has 0 N–H and O–H groups in total. The highest BCUT2D eigenvalue weighted by atomic mass is 19.1. The topological polar surface area (TPSA) is 50.1 Å². The second-order valence-corrected chi connectivity index (χ2v) is 3.45. The zero-order chi connectivity index (χ0) is 11.0. The summed E-state index contributed by atoms with van der Waals surface area (Å²) in [4.78, 5) is 11.4. The summed E-state index contributed by atoms with van der Waals surface area (Å²) in [6.45, 7) is 1.78. The van der Waals surface area contributed by atoms with Crippen LogP contribution in [0.2, 0.25) is 0 Å². The summed E-state index contributed by atoms with van der Waals surface area (Å²) < 4.78 is 18.1. The first-order valence-electron chi connectivity index (χ1n) is 4.52. The molecule has 1 aromatic carbocycles. The molecule has 0 spiro atoms. The highest BCUT2D eigenvalue weighted by molar-refractivity contribution is 5.93. The minimum absolute atomic E-state index is 0.0264. The number of ether oxygens (including phenoxy) is 1. The van der Waals surface area contributed by atoms with Crippen molar-refractivity contribution in [3.8, 4) is 6.07 Å². The van der Waals surface area contributed by atoms with Gasteiger partial charge in [0.15, 0.2) is 6.10 Å². The second-order valence-electron chi connectivity index (χ2n) is 3.45. The molecule has 1 aliphatic heterocycles. The summed E-state index contributed by atoms with van der Waals surface area (Å²) >= 11 is 0. The molecule has 1 heterocycles. The van der Waals surface area contributed by atoms with Gasteiger partial charge in [0.1, 0.15) is 11.9 Å². The molecule has 0 saturated carbocycles. The average molecular weight is 205 g/mol. The Bertz CT molecular complexity index is 476. The van der Waals surface area contributed by atoms with Gasteiger partial charge in [0.05, 0.1) is 5.56 Å². The summed E-state index contributed by atoms with van der Waals surface area (Å²) in [5.74, 6) is -1.33. The molecule has 1 aromatic rings. The number of hydrogen-bond acceptors (Lipinski definition) is 3. The third kappa shape index (κ3) is 1.46. The SMILES string of the molecule is Cc1ccc(F)c2c1CC(C#N)OC2=O. The van der Waals surface area contributed by atoms with E-state index in [0.29, 0.717) is 5.56 Å². The number of carbonyl (C=O) groups is 1. The van der Waals surface area contributed by atoms with E-state index in [9.17, 15) is 9.18 Å². The van der Waals surface area contributed by atoms with Crippen LogP contribution in [0.1, 0.15) is 21.5 Å². The maximum absolute atomic E-state index is 13.3. The van der Waals surface area contributed by atoms with Gasteiger partial charge in [0, 0.05) is 6.42 Å². The molecule has 0 radical (unpaired) electrons. The first-order chi connectivity index (χ1) is 7.13. The molecular weight excluding hydrogens is 197 g/mol. The van der Waals surface area contributed by atoms with E-state index in [1.54, 1.807) is 13.0 Å². The van der Waals surface area contributed by atoms with Crippen LogP contribution in [-0.4, -0.2) is 12.1 Å². The summed E-state index contributed by atoms with van der Waals surface area (Å²) in [5.41, 5.74) is 1.36. The van der Waals surface area contributed by atoms with E-state index >= 15 is 0 Å². The fourth-order valence-electron chi connectivity index (χ4n) is 1.69. The second kappa shape index (κ2) is 3.35. The Kier molecular flexibility index (Phi) is 2.16. The van der Waals surface area contributed by atoms with E-state index in [-0.39, 0.29) is 12.0 Å². The van der Waals surface area contributed by atoms with Crippen molar-refractivity contribution in [2.24, 2.45) is 0 Å². The van der Waals surface area contributed by atoms with Crippen LogP contribution in [0.4, 0.5) is 4.39 Å². The molecular formula is C11H8FNO2. The third-order valence-electron chi connectivity index (χ3n) is 2.48. The van der Waals surface area contributed by atoms with Crippen molar-refractivity contribution in [1.82, 2.24) is 0 Å². The molecule has 2 rings (SSSR count). The fraction of sp³-hybridized carbons (Fsp3) is 0.273. The average Bonchev–Trinajstić information content (AvgIpc) is 2.23. The molecule has 0 aliphatic carbocycles. The van der Waals surface area contributed by atoms with Crippen molar-refractivity contribution in [2.45, 2.75) is 19.4 Å². The van der Waals surface area contributed by atoms with Crippen LogP contribution in [0.15, 0.2) is 12.1 Å². The van der Waals surface area contributed by atoms with Crippen LogP contribution in [0.3, 0.4) is 0 Å². The zero-order valence-corrected chi connectivity index (χ0v) is 8.08. The van der Waals surface area contributed by atoms with Gasteiger partial charge in [-0.15, -0.1) is 0 Å². The van der Waals surface area contributed by atoms with E-state index < -0.39 is 17.9 Å². The van der Waals surface area contributed by atoms with Gasteiger partial charge in [-0.25, -0.2) is 9.18 Å². The Labute approximate surface area is 86.1 Å². The Balaban J connectivity index is 2.60. The predicted molar refractivity (Wildman–Crippen MR) is 49.7 cm³/mol. The van der Waals surface area contributed by atoms with Crippen LogP contribution in [0, 0.1) is 24.1 Å². The van der Waals surface area contributed by atoms with Crippen molar-refractivity contribution in [3.63, 3.8) is 0 Å². The number of benzene rings is 1. The third-order valence-corrected chi connectivity index (χ3v) is 2.48. The number of cyclic esters (lactones) is 1. The Morgan fingerprint density at radius 1 is 1.60 bits per heavy atom. The van der Waals surface area contributed by atoms with Crippen LogP contribution in [0.25, 0.3) is 0 Å². The quantitative estimate of drug-likeness (QED) is 0.606. The Morgan fingerprint density at radius 3 is 3.00 bits per heavy atom. The number of nitriles is 1. The minimum atomic E-state index is -0.800. The summed E-state index contributed by atoms with van der Waals surface area (Å²) in [6, 6.07) is 4.69. The van der Waals surface area contributed by atoms with Gasteiger partial charge in [-0.3, -0.25) is 0 Å². The fourth-order valence-corrected chi connectivity index (χ4v) is 1.69. The summed E-state index contributed by atoms with van der Waals surface area (Å²) in [7, 11) is 0. The predicted octanol–water partition coefficient (Wildman–Crippen LogP) is 1.74. The van der Waals surface area contributed by atoms with Crippen molar-refractivity contribution >= 4 is 5.97 Å². The van der Waals surface area contributed by atoms with Crippen molar-refractivity contribution in [2.75, 3.05) is 0 Å². The molecule has 76 valence electrons. The molecule has 3 nitrogen and oxygen atoms in total. The number of aryl methyl sites for hydroxylation is 1. The van der Waals surface area contributed by atoms with E-state index in [2.05, 4.69) is 0 Å². The maximum atomic E-state index is 13.3. The van der Waals surface area contributed by atoms with E-state index in [1.807, 2.05) is 6.07 Å². The lowest BCUT2D eigenvalue weighted by Gasteiger charge is -2.21. The summed E-state index contributed by atoms with van der Waals surface area (Å²) in [6.07, 6.45) is -0.535. The van der Waals surface area contributed by atoms with Crippen molar-refractivity contribution in [3.05, 3.63) is 34.6 Å². The van der Waals surface area contributed by atoms with E-state index in [0.717, 1.165) is 5.56 Å². The molecule has 1 atom stereocenters. The molecule has 0 aromatic heterocycles. The standard InChI is InChI=1S/C11H8FNO2/c1-6-2-3-9(12)10-8(6)4-7(5-13)15-11(10)14/h2-3,7H,4H2,1H3. The number of fused-ring (bicyclic) bond motifs is 1. The Hall–Kier alpha value is -1.89. The van der Waals surface area contributed by atoms with Gasteiger partial charge in [0.2, 0.25) is 0 Å². The van der Waals surface area contributed by atoms with Crippen LogP contribution >= 0.6 is 0 Å². The van der Waals surface area contributed by atoms with Crippen LogP contribution in [0.5, 0.6) is 0 Å². The highest BCUT2D eigenvalue weighted by Gasteiger charge is 2.30. The number of esters is 1. The van der Waals surface area contributed by atoms with Crippen molar-refractivity contribution < 1.29 is 13.9 Å². The normalized spacial score (nSPS) is 19.0. The molecule has 0 fully saturated rings. The van der Waals surface area contributed by atoms with Gasteiger partial charge in [-0.05, 0) is 24.1 Å². The molecule has 0 saturated heterocycles.